The molecule has 2 rings (SSSR count). The first-order chi connectivity index (χ1) is 9.15. The number of anilines is 1. The maximum absolute atomic E-state index is 5.68. The van der Waals surface area contributed by atoms with Gasteiger partial charge in [0, 0.05) is 43.1 Å². The molecule has 1 aromatic heterocycles. The van der Waals surface area contributed by atoms with Crippen molar-refractivity contribution >= 4 is 5.95 Å². The number of aromatic nitrogens is 2. The van der Waals surface area contributed by atoms with Gasteiger partial charge >= 0.3 is 0 Å². The smallest absolute Gasteiger partial charge is 0.225 e. The Bertz CT molecular complexity index is 420. The number of likely N-dealkylation sites (N-methyl/N-ethyl adjacent to an activating group) is 1. The summed E-state index contributed by atoms with van der Waals surface area (Å²) in [5, 5.41) is 0. The quantitative estimate of drug-likeness (QED) is 0.887. The van der Waals surface area contributed by atoms with E-state index in [9.17, 15) is 0 Å². The van der Waals surface area contributed by atoms with Gasteiger partial charge in [0.15, 0.2) is 0 Å². The highest BCUT2D eigenvalue weighted by molar-refractivity contribution is 5.35. The molecule has 0 saturated carbocycles. The van der Waals surface area contributed by atoms with E-state index >= 15 is 0 Å². The van der Waals surface area contributed by atoms with Gasteiger partial charge in [0.05, 0.1) is 0 Å². The molecule has 2 N–H and O–H groups in total. The molecule has 0 radical (unpaired) electrons. The van der Waals surface area contributed by atoms with Crippen molar-refractivity contribution in [3.8, 4) is 0 Å². The van der Waals surface area contributed by atoms with Gasteiger partial charge in [0.2, 0.25) is 5.95 Å². The van der Waals surface area contributed by atoms with E-state index in [4.69, 9.17) is 5.73 Å². The topological polar surface area (TPSA) is 58.3 Å². The molecule has 0 aromatic carbocycles. The molecule has 1 unspecified atom stereocenters. The number of nitrogens with two attached hydrogens (primary N) is 1. The highest BCUT2D eigenvalue weighted by Crippen LogP contribution is 2.19. The minimum absolute atomic E-state index is 0.496. The standard InChI is InChI=1S/C14H25N5/c1-4-13-10-18(3)6-5-7-19(13)14-16-9-12(8-15)11(2)17-14/h9,13H,4-8,10,15H2,1-3H3. The molecule has 2 heterocycles. The number of nitrogens with zero attached hydrogens (tertiary/aromatic N) is 4. The Balaban J connectivity index is 2.25. The summed E-state index contributed by atoms with van der Waals surface area (Å²) in [6.07, 6.45) is 4.15. The average Bonchev–Trinajstić information content (AvgIpc) is 2.60. The zero-order valence-corrected chi connectivity index (χ0v) is 12.3. The molecule has 0 bridgehead atoms. The number of rotatable bonds is 3. The fourth-order valence-corrected chi connectivity index (χ4v) is 2.67. The number of aryl methyl sites for hydroxylation is 1. The van der Waals surface area contributed by atoms with Crippen LogP contribution < -0.4 is 10.6 Å². The lowest BCUT2D eigenvalue weighted by molar-refractivity contribution is 0.327. The molecular formula is C14H25N5. The summed E-state index contributed by atoms with van der Waals surface area (Å²) in [7, 11) is 2.19. The number of hydrogen-bond donors (Lipinski definition) is 1. The summed E-state index contributed by atoms with van der Waals surface area (Å²) in [6, 6.07) is 0.496. The lowest BCUT2D eigenvalue weighted by atomic mass is 10.2. The van der Waals surface area contributed by atoms with Crippen LogP contribution in [0.15, 0.2) is 6.20 Å². The molecule has 1 aliphatic heterocycles. The lowest BCUT2D eigenvalue weighted by Crippen LogP contribution is -2.40. The third-order valence-electron chi connectivity index (χ3n) is 3.92. The number of hydrogen-bond acceptors (Lipinski definition) is 5. The Morgan fingerprint density at radius 3 is 2.84 bits per heavy atom. The van der Waals surface area contributed by atoms with Gasteiger partial charge in [-0.1, -0.05) is 6.92 Å². The summed E-state index contributed by atoms with van der Waals surface area (Å²) in [5.74, 6) is 0.858. The summed E-state index contributed by atoms with van der Waals surface area (Å²) >= 11 is 0. The molecule has 1 fully saturated rings. The second-order valence-electron chi connectivity index (χ2n) is 5.36. The van der Waals surface area contributed by atoms with Crippen LogP contribution in [0.5, 0.6) is 0 Å². The molecule has 19 heavy (non-hydrogen) atoms. The van der Waals surface area contributed by atoms with Crippen molar-refractivity contribution in [1.82, 2.24) is 14.9 Å². The van der Waals surface area contributed by atoms with Crippen LogP contribution in [-0.4, -0.2) is 47.6 Å². The van der Waals surface area contributed by atoms with Crippen LogP contribution in [0.4, 0.5) is 5.95 Å². The van der Waals surface area contributed by atoms with E-state index in [2.05, 4.69) is 33.7 Å². The van der Waals surface area contributed by atoms with Gasteiger partial charge in [-0.3, -0.25) is 0 Å². The Morgan fingerprint density at radius 2 is 2.21 bits per heavy atom. The van der Waals surface area contributed by atoms with Crippen LogP contribution in [-0.2, 0) is 6.54 Å². The van der Waals surface area contributed by atoms with E-state index < -0.39 is 0 Å². The van der Waals surface area contributed by atoms with Crippen LogP contribution in [0.25, 0.3) is 0 Å². The second kappa shape index (κ2) is 6.30. The summed E-state index contributed by atoms with van der Waals surface area (Å²) in [5.41, 5.74) is 7.71. The van der Waals surface area contributed by atoms with Crippen molar-refractivity contribution in [2.24, 2.45) is 5.73 Å². The minimum atomic E-state index is 0.496. The maximum atomic E-state index is 5.68. The molecule has 5 heteroatoms. The molecule has 5 nitrogen and oxygen atoms in total. The predicted octanol–water partition coefficient (Wildman–Crippen LogP) is 1.16. The SMILES string of the molecule is CCC1CN(C)CCCN1c1ncc(CN)c(C)n1. The van der Waals surface area contributed by atoms with Gasteiger partial charge in [0.1, 0.15) is 0 Å². The highest BCUT2D eigenvalue weighted by Gasteiger charge is 2.24. The Morgan fingerprint density at radius 1 is 1.42 bits per heavy atom. The largest absolute Gasteiger partial charge is 0.337 e. The van der Waals surface area contributed by atoms with Crippen LogP contribution in [0.2, 0.25) is 0 Å². The normalized spacial score (nSPS) is 21.5. The average molecular weight is 263 g/mol. The van der Waals surface area contributed by atoms with Crippen molar-refractivity contribution < 1.29 is 0 Å². The molecule has 0 aliphatic carbocycles. The fraction of sp³-hybridized carbons (Fsp3) is 0.714. The Kier molecular flexibility index (Phi) is 4.71. The van der Waals surface area contributed by atoms with Gasteiger partial charge in [-0.2, -0.15) is 0 Å². The zero-order chi connectivity index (χ0) is 13.8. The molecule has 1 aromatic rings. The highest BCUT2D eigenvalue weighted by atomic mass is 15.3. The molecule has 1 aliphatic rings. The van der Waals surface area contributed by atoms with E-state index in [-0.39, 0.29) is 0 Å². The molecule has 0 amide bonds. The third kappa shape index (κ3) is 3.22. The molecule has 1 saturated heterocycles. The minimum Gasteiger partial charge on any atom is -0.337 e. The van der Waals surface area contributed by atoms with Crippen LogP contribution in [0.1, 0.15) is 31.0 Å². The second-order valence-corrected chi connectivity index (χ2v) is 5.36. The first-order valence-electron chi connectivity index (χ1n) is 7.13. The first kappa shape index (κ1) is 14.2. The Hall–Kier alpha value is -1.20. The van der Waals surface area contributed by atoms with Crippen molar-refractivity contribution in [1.29, 1.82) is 0 Å². The molecule has 106 valence electrons. The first-order valence-corrected chi connectivity index (χ1v) is 7.13. The Labute approximate surface area is 115 Å². The summed E-state index contributed by atoms with van der Waals surface area (Å²) < 4.78 is 0. The van der Waals surface area contributed by atoms with Crippen LogP contribution >= 0.6 is 0 Å². The summed E-state index contributed by atoms with van der Waals surface area (Å²) in [6.45, 7) is 8.01. The van der Waals surface area contributed by atoms with E-state index in [0.717, 1.165) is 49.7 Å². The van der Waals surface area contributed by atoms with Crippen molar-refractivity contribution in [2.45, 2.75) is 39.3 Å². The zero-order valence-electron chi connectivity index (χ0n) is 12.3. The maximum Gasteiger partial charge on any atom is 0.225 e. The van der Waals surface area contributed by atoms with Gasteiger partial charge in [-0.25, -0.2) is 9.97 Å². The van der Waals surface area contributed by atoms with E-state index in [0.29, 0.717) is 12.6 Å². The monoisotopic (exact) mass is 263 g/mol. The van der Waals surface area contributed by atoms with E-state index in [1.54, 1.807) is 0 Å². The van der Waals surface area contributed by atoms with Crippen molar-refractivity contribution in [3.05, 3.63) is 17.5 Å². The van der Waals surface area contributed by atoms with Crippen molar-refractivity contribution in [3.63, 3.8) is 0 Å². The fourth-order valence-electron chi connectivity index (χ4n) is 2.67. The third-order valence-corrected chi connectivity index (χ3v) is 3.92. The van der Waals surface area contributed by atoms with Crippen LogP contribution in [0, 0.1) is 6.92 Å². The molecule has 0 spiro atoms. The predicted molar refractivity (Wildman–Crippen MR) is 78.2 cm³/mol. The lowest BCUT2D eigenvalue weighted by Gasteiger charge is -2.30. The van der Waals surface area contributed by atoms with Crippen molar-refractivity contribution in [2.75, 3.05) is 31.6 Å². The summed E-state index contributed by atoms with van der Waals surface area (Å²) in [4.78, 5) is 13.9. The van der Waals surface area contributed by atoms with Gasteiger partial charge in [-0.15, -0.1) is 0 Å². The molecular weight excluding hydrogens is 238 g/mol. The van der Waals surface area contributed by atoms with Gasteiger partial charge in [0.25, 0.3) is 0 Å². The van der Waals surface area contributed by atoms with E-state index in [1.807, 2.05) is 13.1 Å². The van der Waals surface area contributed by atoms with Gasteiger partial charge < -0.3 is 15.5 Å². The van der Waals surface area contributed by atoms with Gasteiger partial charge in [-0.05, 0) is 33.4 Å². The van der Waals surface area contributed by atoms with Crippen LogP contribution in [0.3, 0.4) is 0 Å². The molecule has 1 atom stereocenters. The van der Waals surface area contributed by atoms with E-state index in [1.165, 1.54) is 0 Å².